The zero-order valence-corrected chi connectivity index (χ0v) is 12.0. The van der Waals surface area contributed by atoms with E-state index in [1.54, 1.807) is 24.3 Å². The van der Waals surface area contributed by atoms with Gasteiger partial charge >= 0.3 is 29.6 Å². The van der Waals surface area contributed by atoms with Crippen LogP contribution in [-0.4, -0.2) is 13.0 Å². The van der Waals surface area contributed by atoms with Crippen molar-refractivity contribution in [3.63, 3.8) is 0 Å². The number of nitrogens with two attached hydrogens (primary N) is 2. The molecule has 2 aromatic rings. The summed E-state index contributed by atoms with van der Waals surface area (Å²) in [5.41, 5.74) is 11.8. The summed E-state index contributed by atoms with van der Waals surface area (Å²) in [4.78, 5) is -0.227. The van der Waals surface area contributed by atoms with E-state index >= 15 is 0 Å². The Balaban J connectivity index is 0.00000144. The van der Waals surface area contributed by atoms with Crippen LogP contribution in [0.15, 0.2) is 35.2 Å². The summed E-state index contributed by atoms with van der Waals surface area (Å²) >= 11 is 0. The van der Waals surface area contributed by atoms with Crippen LogP contribution in [0.4, 0.5) is 11.4 Å². The van der Waals surface area contributed by atoms with Gasteiger partial charge in [0.1, 0.15) is 4.90 Å². The summed E-state index contributed by atoms with van der Waals surface area (Å²) in [5, 5.41) is 0.867. The molecule has 5 nitrogen and oxygen atoms in total. The Labute approximate surface area is 122 Å². The molecule has 5 N–H and O–H groups in total. The molecule has 86 valence electrons. The number of hydrogen-bond donors (Lipinski definition) is 3. The third-order valence-electron chi connectivity index (χ3n) is 2.36. The van der Waals surface area contributed by atoms with Gasteiger partial charge in [0.25, 0.3) is 10.1 Å². The van der Waals surface area contributed by atoms with E-state index < -0.39 is 10.1 Å². The largest absolute Gasteiger partial charge is 1.00 e. The van der Waals surface area contributed by atoms with E-state index in [4.69, 9.17) is 16.0 Å². The van der Waals surface area contributed by atoms with Gasteiger partial charge in [0.05, 0.1) is 11.4 Å². The molecule has 0 bridgehead atoms. The minimum atomic E-state index is -4.30. The van der Waals surface area contributed by atoms with Gasteiger partial charge in [0.15, 0.2) is 0 Å². The second kappa shape index (κ2) is 4.83. The number of anilines is 2. The molecule has 2 rings (SSSR count). The Morgan fingerprint density at radius 2 is 1.65 bits per heavy atom. The molecule has 0 amide bonds. The van der Waals surface area contributed by atoms with Crippen molar-refractivity contribution in [3.8, 4) is 0 Å². The molecule has 0 saturated carbocycles. The number of fused-ring (bicyclic) bond motifs is 1. The van der Waals surface area contributed by atoms with Crippen LogP contribution in [0.25, 0.3) is 10.8 Å². The molecule has 0 unspecified atom stereocenters. The van der Waals surface area contributed by atoms with Crippen molar-refractivity contribution in [1.82, 2.24) is 0 Å². The second-order valence-corrected chi connectivity index (χ2v) is 4.79. The zero-order chi connectivity index (χ0) is 11.9. The standard InChI is InChI=1S/C10H10N2O3S.Na.H/c11-8-5-9(16(13,14)15)6-3-1-2-4-7(6)10(8)12;;/h1-5H,11-12H2,(H,13,14,15);;/q;+1;-1. The van der Waals surface area contributed by atoms with Crippen LogP contribution in [0.5, 0.6) is 0 Å². The van der Waals surface area contributed by atoms with Crippen LogP contribution in [0, 0.1) is 0 Å². The van der Waals surface area contributed by atoms with Gasteiger partial charge in [-0.1, -0.05) is 24.3 Å². The molecule has 0 atom stereocenters. The van der Waals surface area contributed by atoms with Crippen molar-refractivity contribution in [2.45, 2.75) is 4.90 Å². The Kier molecular flexibility index (Phi) is 4.06. The van der Waals surface area contributed by atoms with Gasteiger partial charge in [-0.3, -0.25) is 4.55 Å². The molecular formula is C10H11N2NaO3S. The van der Waals surface area contributed by atoms with Crippen LogP contribution in [-0.2, 0) is 10.1 Å². The van der Waals surface area contributed by atoms with Crippen molar-refractivity contribution in [2.24, 2.45) is 0 Å². The fraction of sp³-hybridized carbons (Fsp3) is 0. The predicted molar refractivity (Wildman–Crippen MR) is 63.7 cm³/mol. The van der Waals surface area contributed by atoms with Gasteiger partial charge in [-0.15, -0.1) is 0 Å². The molecule has 0 fully saturated rings. The minimum absolute atomic E-state index is 0. The molecule has 2 aromatic carbocycles. The Bertz CT molecular complexity index is 676. The van der Waals surface area contributed by atoms with Crippen LogP contribution in [0.1, 0.15) is 1.43 Å². The molecule has 0 aliphatic rings. The summed E-state index contributed by atoms with van der Waals surface area (Å²) in [6.07, 6.45) is 0. The van der Waals surface area contributed by atoms with Crippen molar-refractivity contribution in [2.75, 3.05) is 11.5 Å². The van der Waals surface area contributed by atoms with E-state index in [-0.39, 0.29) is 41.6 Å². The SMILES string of the molecule is Nc1cc(S(=O)(=O)O)c2ccccc2c1N.[H-].[Na+]. The predicted octanol–water partition coefficient (Wildman–Crippen LogP) is -1.63. The fourth-order valence-corrected chi connectivity index (χ4v) is 2.33. The van der Waals surface area contributed by atoms with Crippen molar-refractivity contribution < 1.29 is 44.0 Å². The molecule has 0 aliphatic carbocycles. The maximum absolute atomic E-state index is 11.2. The average molecular weight is 262 g/mol. The Morgan fingerprint density at radius 1 is 1.12 bits per heavy atom. The van der Waals surface area contributed by atoms with E-state index in [2.05, 4.69) is 0 Å². The van der Waals surface area contributed by atoms with Crippen molar-refractivity contribution in [1.29, 1.82) is 0 Å². The molecule has 0 aliphatic heterocycles. The van der Waals surface area contributed by atoms with Crippen LogP contribution in [0.3, 0.4) is 0 Å². The van der Waals surface area contributed by atoms with Gasteiger partial charge in [-0.2, -0.15) is 8.42 Å². The summed E-state index contributed by atoms with van der Waals surface area (Å²) < 4.78 is 31.4. The van der Waals surface area contributed by atoms with Gasteiger partial charge in [0.2, 0.25) is 0 Å². The summed E-state index contributed by atoms with van der Waals surface area (Å²) in [7, 11) is -4.30. The molecular weight excluding hydrogens is 251 g/mol. The van der Waals surface area contributed by atoms with Crippen molar-refractivity contribution >= 4 is 32.3 Å². The minimum Gasteiger partial charge on any atom is -1.00 e. The third kappa shape index (κ3) is 2.56. The molecule has 0 spiro atoms. The van der Waals surface area contributed by atoms with Gasteiger partial charge in [-0.05, 0) is 6.07 Å². The summed E-state index contributed by atoms with van der Waals surface area (Å²) in [5.74, 6) is 0. The third-order valence-corrected chi connectivity index (χ3v) is 3.25. The first kappa shape index (κ1) is 14.3. The maximum atomic E-state index is 11.2. The molecule has 0 heterocycles. The molecule has 17 heavy (non-hydrogen) atoms. The van der Waals surface area contributed by atoms with Crippen molar-refractivity contribution in [3.05, 3.63) is 30.3 Å². The molecule has 0 radical (unpaired) electrons. The molecule has 7 heteroatoms. The van der Waals surface area contributed by atoms with E-state index in [1.165, 1.54) is 0 Å². The Hall–Kier alpha value is -0.790. The monoisotopic (exact) mass is 262 g/mol. The smallest absolute Gasteiger partial charge is 1.00 e. The van der Waals surface area contributed by atoms with Crippen LogP contribution < -0.4 is 41.0 Å². The number of hydrogen-bond acceptors (Lipinski definition) is 4. The number of benzene rings is 2. The van der Waals surface area contributed by atoms with Crippen LogP contribution >= 0.6 is 0 Å². The van der Waals surface area contributed by atoms with Gasteiger partial charge < -0.3 is 12.9 Å². The average Bonchev–Trinajstić information content (AvgIpc) is 2.22. The first-order chi connectivity index (χ1) is 7.41. The zero-order valence-electron chi connectivity index (χ0n) is 10.2. The maximum Gasteiger partial charge on any atom is 1.00 e. The first-order valence-electron chi connectivity index (χ1n) is 4.45. The van der Waals surface area contributed by atoms with E-state index in [0.29, 0.717) is 16.5 Å². The summed E-state index contributed by atoms with van der Waals surface area (Å²) in [6, 6.07) is 7.75. The quantitative estimate of drug-likeness (QED) is 0.325. The topological polar surface area (TPSA) is 106 Å². The van der Waals surface area contributed by atoms with Gasteiger partial charge in [-0.25, -0.2) is 0 Å². The second-order valence-electron chi connectivity index (χ2n) is 3.40. The first-order valence-corrected chi connectivity index (χ1v) is 5.89. The number of nitrogen functional groups attached to an aromatic ring is 2. The molecule has 0 aromatic heterocycles. The van der Waals surface area contributed by atoms with E-state index in [0.717, 1.165) is 6.07 Å². The fourth-order valence-electron chi connectivity index (χ4n) is 1.60. The Morgan fingerprint density at radius 3 is 2.18 bits per heavy atom. The summed E-state index contributed by atoms with van der Waals surface area (Å²) in [6.45, 7) is 0. The number of rotatable bonds is 1. The van der Waals surface area contributed by atoms with Gasteiger partial charge in [0, 0.05) is 10.8 Å². The van der Waals surface area contributed by atoms with E-state index in [1.807, 2.05) is 0 Å². The van der Waals surface area contributed by atoms with Crippen LogP contribution in [0.2, 0.25) is 0 Å². The molecule has 0 saturated heterocycles. The van der Waals surface area contributed by atoms with E-state index in [9.17, 15) is 8.42 Å². The normalized spacial score (nSPS) is 11.1.